The van der Waals surface area contributed by atoms with E-state index in [0.29, 0.717) is 11.4 Å². The van der Waals surface area contributed by atoms with E-state index in [2.05, 4.69) is 26.6 Å². The summed E-state index contributed by atoms with van der Waals surface area (Å²) >= 11 is 3.33. The summed E-state index contributed by atoms with van der Waals surface area (Å²) in [5.74, 6) is -0.509. The fraction of sp³-hybridized carbons (Fsp3) is 0.133. The maximum Gasteiger partial charge on any atom is 0.243 e. The molecule has 0 atom stereocenters. The molecule has 0 radical (unpaired) electrons. The van der Waals surface area contributed by atoms with Gasteiger partial charge in [-0.05, 0) is 30.3 Å². The number of anilines is 2. The second-order valence-electron chi connectivity index (χ2n) is 4.26. The van der Waals surface area contributed by atoms with Gasteiger partial charge in [0.05, 0.1) is 13.7 Å². The van der Waals surface area contributed by atoms with Crippen molar-refractivity contribution >= 4 is 33.2 Å². The molecule has 0 spiro atoms. The van der Waals surface area contributed by atoms with E-state index in [-0.39, 0.29) is 18.2 Å². The van der Waals surface area contributed by atoms with Gasteiger partial charge in [-0.3, -0.25) is 4.79 Å². The molecule has 2 aromatic carbocycles. The quantitative estimate of drug-likeness (QED) is 0.863. The highest BCUT2D eigenvalue weighted by Crippen LogP contribution is 2.21. The number of halogens is 2. The predicted octanol–water partition coefficient (Wildman–Crippen LogP) is 3.65. The van der Waals surface area contributed by atoms with Gasteiger partial charge in [-0.2, -0.15) is 0 Å². The van der Waals surface area contributed by atoms with E-state index in [4.69, 9.17) is 4.74 Å². The van der Waals surface area contributed by atoms with Gasteiger partial charge < -0.3 is 15.4 Å². The number of nitrogens with one attached hydrogen (secondary N) is 2. The molecule has 0 saturated carbocycles. The van der Waals surface area contributed by atoms with Gasteiger partial charge in [-0.1, -0.05) is 22.0 Å². The van der Waals surface area contributed by atoms with E-state index in [0.717, 1.165) is 4.47 Å². The summed E-state index contributed by atoms with van der Waals surface area (Å²) in [6.07, 6.45) is 0. The monoisotopic (exact) mass is 352 g/mol. The van der Waals surface area contributed by atoms with Crippen molar-refractivity contribution in [3.8, 4) is 5.75 Å². The van der Waals surface area contributed by atoms with E-state index in [1.165, 1.54) is 19.2 Å². The number of amides is 1. The average molecular weight is 353 g/mol. The Morgan fingerprint density at radius 1 is 1.24 bits per heavy atom. The first-order valence-corrected chi connectivity index (χ1v) is 7.00. The minimum Gasteiger partial charge on any atom is -0.494 e. The third-order valence-corrected chi connectivity index (χ3v) is 3.21. The van der Waals surface area contributed by atoms with Crippen LogP contribution in [-0.4, -0.2) is 19.6 Å². The van der Waals surface area contributed by atoms with Crippen molar-refractivity contribution in [3.05, 3.63) is 52.8 Å². The van der Waals surface area contributed by atoms with Crippen LogP contribution in [0.15, 0.2) is 46.9 Å². The number of hydrogen-bond donors (Lipinski definition) is 2. The van der Waals surface area contributed by atoms with E-state index in [1.54, 1.807) is 18.2 Å². The van der Waals surface area contributed by atoms with Crippen LogP contribution in [0.2, 0.25) is 0 Å². The molecule has 0 bridgehead atoms. The number of carbonyl (C=O) groups is 1. The smallest absolute Gasteiger partial charge is 0.243 e. The maximum atomic E-state index is 13.3. The topological polar surface area (TPSA) is 50.4 Å². The first kappa shape index (κ1) is 15.3. The summed E-state index contributed by atoms with van der Waals surface area (Å²) in [6.45, 7) is 0.0707. The molecule has 110 valence electrons. The van der Waals surface area contributed by atoms with Gasteiger partial charge in [0.15, 0.2) is 11.6 Å². The van der Waals surface area contributed by atoms with Crippen LogP contribution in [0, 0.1) is 5.82 Å². The molecule has 0 aliphatic rings. The molecule has 0 saturated heterocycles. The van der Waals surface area contributed by atoms with Crippen molar-refractivity contribution in [3.63, 3.8) is 0 Å². The van der Waals surface area contributed by atoms with Crippen molar-refractivity contribution in [2.24, 2.45) is 0 Å². The van der Waals surface area contributed by atoms with Crippen LogP contribution in [0.3, 0.4) is 0 Å². The lowest BCUT2D eigenvalue weighted by molar-refractivity contribution is -0.114. The van der Waals surface area contributed by atoms with Gasteiger partial charge in [0.25, 0.3) is 0 Å². The molecule has 2 aromatic rings. The fourth-order valence-corrected chi connectivity index (χ4v) is 2.12. The molecular weight excluding hydrogens is 339 g/mol. The summed E-state index contributed by atoms with van der Waals surface area (Å²) in [6, 6.07) is 11.6. The molecule has 0 fully saturated rings. The molecule has 0 aromatic heterocycles. The van der Waals surface area contributed by atoms with Crippen molar-refractivity contribution in [1.29, 1.82) is 0 Å². The van der Waals surface area contributed by atoms with Crippen molar-refractivity contribution in [2.45, 2.75) is 0 Å². The standard InChI is InChI=1S/C15H14BrFN2O2/c1-21-14-8-11(5-6-13(14)17)18-9-15(20)19-12-4-2-3-10(16)7-12/h2-8,18H,9H2,1H3,(H,19,20). The Hall–Kier alpha value is -2.08. The third-order valence-electron chi connectivity index (χ3n) is 2.71. The summed E-state index contributed by atoms with van der Waals surface area (Å²) in [4.78, 5) is 11.8. The molecule has 0 heterocycles. The Labute approximate surface area is 130 Å². The van der Waals surface area contributed by atoms with Gasteiger partial charge in [0, 0.05) is 21.9 Å². The summed E-state index contributed by atoms with van der Waals surface area (Å²) in [5.41, 5.74) is 1.31. The maximum absolute atomic E-state index is 13.3. The summed E-state index contributed by atoms with van der Waals surface area (Å²) < 4.78 is 19.0. The highest BCUT2D eigenvalue weighted by molar-refractivity contribution is 9.10. The molecule has 6 heteroatoms. The molecule has 4 nitrogen and oxygen atoms in total. The van der Waals surface area contributed by atoms with Crippen LogP contribution in [0.4, 0.5) is 15.8 Å². The minimum absolute atomic E-state index is 0.0707. The van der Waals surface area contributed by atoms with Crippen molar-refractivity contribution in [1.82, 2.24) is 0 Å². The Balaban J connectivity index is 1.92. The molecule has 0 aliphatic heterocycles. The Morgan fingerprint density at radius 3 is 2.76 bits per heavy atom. The van der Waals surface area contributed by atoms with Crippen molar-refractivity contribution < 1.29 is 13.9 Å². The number of carbonyl (C=O) groups excluding carboxylic acids is 1. The number of benzene rings is 2. The van der Waals surface area contributed by atoms with Crippen LogP contribution in [0.1, 0.15) is 0 Å². The zero-order chi connectivity index (χ0) is 15.2. The zero-order valence-electron chi connectivity index (χ0n) is 11.3. The van der Waals surface area contributed by atoms with Crippen LogP contribution < -0.4 is 15.4 Å². The van der Waals surface area contributed by atoms with Crippen molar-refractivity contribution in [2.75, 3.05) is 24.3 Å². The highest BCUT2D eigenvalue weighted by Gasteiger charge is 2.06. The zero-order valence-corrected chi connectivity index (χ0v) is 12.9. The molecule has 21 heavy (non-hydrogen) atoms. The second kappa shape index (κ2) is 7.08. The number of ether oxygens (including phenoxy) is 1. The average Bonchev–Trinajstić information content (AvgIpc) is 2.46. The Morgan fingerprint density at radius 2 is 2.05 bits per heavy atom. The molecule has 0 aliphatic carbocycles. The molecule has 2 N–H and O–H groups in total. The second-order valence-corrected chi connectivity index (χ2v) is 5.18. The molecular formula is C15H14BrFN2O2. The summed E-state index contributed by atoms with van der Waals surface area (Å²) in [7, 11) is 1.39. The third kappa shape index (κ3) is 4.46. The van der Waals surface area contributed by atoms with Crippen LogP contribution in [0.5, 0.6) is 5.75 Å². The normalized spacial score (nSPS) is 10.0. The molecule has 1 amide bonds. The SMILES string of the molecule is COc1cc(NCC(=O)Nc2cccc(Br)c2)ccc1F. The van der Waals surface area contributed by atoms with E-state index in [1.807, 2.05) is 12.1 Å². The lowest BCUT2D eigenvalue weighted by Crippen LogP contribution is -2.21. The van der Waals surface area contributed by atoms with E-state index >= 15 is 0 Å². The molecule has 0 unspecified atom stereocenters. The van der Waals surface area contributed by atoms with Gasteiger partial charge >= 0.3 is 0 Å². The minimum atomic E-state index is -0.443. The summed E-state index contributed by atoms with van der Waals surface area (Å²) in [5, 5.41) is 5.67. The Bertz CT molecular complexity index is 649. The van der Waals surface area contributed by atoms with Crippen LogP contribution in [-0.2, 0) is 4.79 Å². The largest absolute Gasteiger partial charge is 0.494 e. The van der Waals surface area contributed by atoms with Gasteiger partial charge in [-0.25, -0.2) is 4.39 Å². The fourth-order valence-electron chi connectivity index (χ4n) is 1.72. The van der Waals surface area contributed by atoms with E-state index in [9.17, 15) is 9.18 Å². The van der Waals surface area contributed by atoms with E-state index < -0.39 is 5.82 Å². The number of rotatable bonds is 5. The predicted molar refractivity (Wildman–Crippen MR) is 84.2 cm³/mol. The van der Waals surface area contributed by atoms with Crippen LogP contribution in [0.25, 0.3) is 0 Å². The van der Waals surface area contributed by atoms with Gasteiger partial charge in [0.2, 0.25) is 5.91 Å². The first-order chi connectivity index (χ1) is 10.1. The molecule has 2 rings (SSSR count). The first-order valence-electron chi connectivity index (χ1n) is 6.21. The van der Waals surface area contributed by atoms with Gasteiger partial charge in [0.1, 0.15) is 0 Å². The Kier molecular flexibility index (Phi) is 5.16. The van der Waals surface area contributed by atoms with Gasteiger partial charge in [-0.15, -0.1) is 0 Å². The highest BCUT2D eigenvalue weighted by atomic mass is 79.9. The van der Waals surface area contributed by atoms with Crippen LogP contribution >= 0.6 is 15.9 Å². The number of methoxy groups -OCH3 is 1. The lowest BCUT2D eigenvalue weighted by atomic mass is 10.3. The number of hydrogen-bond acceptors (Lipinski definition) is 3. The lowest BCUT2D eigenvalue weighted by Gasteiger charge is -2.09.